The van der Waals surface area contributed by atoms with Crippen molar-refractivity contribution in [2.75, 3.05) is 7.11 Å². The van der Waals surface area contributed by atoms with E-state index in [9.17, 15) is 4.39 Å². The van der Waals surface area contributed by atoms with Crippen molar-refractivity contribution in [3.63, 3.8) is 0 Å². The fraction of sp³-hybridized carbons (Fsp3) is 0.478. The number of methoxy groups -OCH3 is 1. The first-order chi connectivity index (χ1) is 13.3. The molecular weight excluding hydrogens is 341 g/mol. The first-order valence-electron chi connectivity index (χ1n) is 10.1. The van der Waals surface area contributed by atoms with Gasteiger partial charge in [0.25, 0.3) is 0 Å². The molecule has 0 aromatic heterocycles. The van der Waals surface area contributed by atoms with Crippen LogP contribution < -0.4 is 14.8 Å². The van der Waals surface area contributed by atoms with Crippen molar-refractivity contribution in [3.05, 3.63) is 59.4 Å². The minimum absolute atomic E-state index is 0.231. The van der Waals surface area contributed by atoms with Crippen LogP contribution in [0.4, 0.5) is 4.39 Å². The summed E-state index contributed by atoms with van der Waals surface area (Å²) in [4.78, 5) is 0. The number of para-hydroxylation sites is 1. The average molecular weight is 373 g/mol. The second-order valence-corrected chi connectivity index (χ2v) is 7.41. The summed E-state index contributed by atoms with van der Waals surface area (Å²) in [6.45, 7) is 1.29. The maximum absolute atomic E-state index is 13.1. The number of nitrogens with two attached hydrogens (primary N) is 1. The lowest BCUT2D eigenvalue weighted by molar-refractivity contribution is -0.706. The zero-order valence-electron chi connectivity index (χ0n) is 16.3. The Morgan fingerprint density at radius 3 is 2.37 bits per heavy atom. The Bertz CT molecular complexity index is 694. The maximum Gasteiger partial charge on any atom is 0.170 e. The van der Waals surface area contributed by atoms with Crippen molar-refractivity contribution in [2.45, 2.75) is 64.1 Å². The van der Waals surface area contributed by atoms with Crippen LogP contribution in [0, 0.1) is 5.82 Å². The Hall–Kier alpha value is -2.07. The zero-order chi connectivity index (χ0) is 18.9. The molecule has 3 nitrogen and oxygen atoms in total. The normalized spacial score (nSPS) is 15.8. The quantitative estimate of drug-likeness (QED) is 0.771. The van der Waals surface area contributed by atoms with E-state index >= 15 is 0 Å². The van der Waals surface area contributed by atoms with E-state index in [2.05, 4.69) is 11.4 Å². The van der Waals surface area contributed by atoms with Crippen molar-refractivity contribution in [1.29, 1.82) is 0 Å². The van der Waals surface area contributed by atoms with E-state index in [1.54, 1.807) is 19.2 Å². The van der Waals surface area contributed by atoms with E-state index in [0.29, 0.717) is 12.6 Å². The lowest BCUT2D eigenvalue weighted by Gasteiger charge is -2.20. The van der Waals surface area contributed by atoms with Crippen LogP contribution in [0.25, 0.3) is 0 Å². The largest absolute Gasteiger partial charge is 0.493 e. The molecule has 27 heavy (non-hydrogen) atoms. The van der Waals surface area contributed by atoms with Crippen LogP contribution in [0.1, 0.15) is 56.1 Å². The number of hydrogen-bond donors (Lipinski definition) is 1. The summed E-state index contributed by atoms with van der Waals surface area (Å²) >= 11 is 0. The van der Waals surface area contributed by atoms with E-state index in [-0.39, 0.29) is 5.82 Å². The van der Waals surface area contributed by atoms with Gasteiger partial charge in [-0.15, -0.1) is 0 Å². The van der Waals surface area contributed by atoms with Crippen molar-refractivity contribution >= 4 is 0 Å². The molecule has 1 aliphatic rings. The van der Waals surface area contributed by atoms with Gasteiger partial charge in [0.05, 0.1) is 18.7 Å². The summed E-state index contributed by atoms with van der Waals surface area (Å²) in [5.41, 5.74) is 2.09. The highest BCUT2D eigenvalue weighted by Gasteiger charge is 2.17. The third-order valence-corrected chi connectivity index (χ3v) is 5.40. The number of quaternary nitrogens is 1. The Morgan fingerprint density at radius 1 is 0.963 bits per heavy atom. The zero-order valence-corrected chi connectivity index (χ0v) is 16.3. The molecule has 0 saturated heterocycles. The highest BCUT2D eigenvalue weighted by Crippen LogP contribution is 2.31. The average Bonchev–Trinajstić information content (AvgIpc) is 2.67. The van der Waals surface area contributed by atoms with E-state index in [0.717, 1.165) is 29.2 Å². The molecule has 0 amide bonds. The number of hydrogen-bond acceptors (Lipinski definition) is 2. The van der Waals surface area contributed by atoms with Gasteiger partial charge in [-0.2, -0.15) is 0 Å². The summed E-state index contributed by atoms with van der Waals surface area (Å²) < 4.78 is 24.7. The van der Waals surface area contributed by atoms with Gasteiger partial charge in [-0.05, 0) is 55.5 Å². The number of rotatable bonds is 7. The van der Waals surface area contributed by atoms with Gasteiger partial charge in [-0.1, -0.05) is 37.5 Å². The highest BCUT2D eigenvalue weighted by molar-refractivity contribution is 5.46. The number of ether oxygens (including phenoxy) is 2. The van der Waals surface area contributed by atoms with Gasteiger partial charge in [0.1, 0.15) is 19.0 Å². The molecule has 0 atom stereocenters. The molecule has 0 radical (unpaired) electrons. The van der Waals surface area contributed by atoms with Gasteiger partial charge >= 0.3 is 0 Å². The molecule has 2 N–H and O–H groups in total. The molecule has 0 unspecified atom stereocenters. The SMILES string of the molecule is COc1cccc(C[NH2+]C2CCCCCCC2)c1OCc1ccc(F)cc1. The summed E-state index contributed by atoms with van der Waals surface area (Å²) in [7, 11) is 1.67. The second-order valence-electron chi connectivity index (χ2n) is 7.41. The van der Waals surface area contributed by atoms with Crippen molar-refractivity contribution in [2.24, 2.45) is 0 Å². The molecule has 2 aromatic rings. The van der Waals surface area contributed by atoms with Gasteiger partial charge in [0.15, 0.2) is 11.5 Å². The summed E-state index contributed by atoms with van der Waals surface area (Å²) in [6.07, 6.45) is 9.42. The number of benzene rings is 2. The molecule has 4 heteroatoms. The van der Waals surface area contributed by atoms with Gasteiger partial charge in [-0.25, -0.2) is 4.39 Å². The van der Waals surface area contributed by atoms with E-state index in [1.165, 1.54) is 57.1 Å². The molecular formula is C23H31FNO2+. The van der Waals surface area contributed by atoms with Crippen molar-refractivity contribution in [3.8, 4) is 11.5 Å². The summed E-state index contributed by atoms with van der Waals surface area (Å²) in [5.74, 6) is 1.32. The molecule has 3 rings (SSSR count). The van der Waals surface area contributed by atoms with E-state index < -0.39 is 0 Å². The fourth-order valence-corrected chi connectivity index (χ4v) is 3.80. The molecule has 0 bridgehead atoms. The number of halogens is 1. The third-order valence-electron chi connectivity index (χ3n) is 5.40. The Labute approximate surface area is 161 Å². The van der Waals surface area contributed by atoms with Gasteiger partial charge < -0.3 is 14.8 Å². The van der Waals surface area contributed by atoms with Crippen LogP contribution in [-0.2, 0) is 13.2 Å². The lowest BCUT2D eigenvalue weighted by Crippen LogP contribution is -2.88. The van der Waals surface area contributed by atoms with Crippen molar-refractivity contribution < 1.29 is 19.2 Å². The summed E-state index contributed by atoms with van der Waals surface area (Å²) in [5, 5.41) is 2.46. The molecule has 2 aromatic carbocycles. The Balaban J connectivity index is 1.65. The topological polar surface area (TPSA) is 35.1 Å². The van der Waals surface area contributed by atoms with Crippen LogP contribution in [-0.4, -0.2) is 13.2 Å². The van der Waals surface area contributed by atoms with Crippen LogP contribution in [0.5, 0.6) is 11.5 Å². The van der Waals surface area contributed by atoms with Gasteiger partial charge in [0.2, 0.25) is 0 Å². The highest BCUT2D eigenvalue weighted by atomic mass is 19.1. The van der Waals surface area contributed by atoms with Gasteiger partial charge in [0, 0.05) is 0 Å². The predicted octanol–water partition coefficient (Wildman–Crippen LogP) is 4.59. The predicted molar refractivity (Wildman–Crippen MR) is 105 cm³/mol. The standard InChI is InChI=1S/C23H30FNO2/c1-26-22-11-7-8-19(16-25-21-9-5-3-2-4-6-10-21)23(22)27-17-18-12-14-20(24)15-13-18/h7-8,11-15,21,25H,2-6,9-10,16-17H2,1H3/p+1. The molecule has 0 spiro atoms. The molecule has 146 valence electrons. The van der Waals surface area contributed by atoms with Crippen molar-refractivity contribution in [1.82, 2.24) is 0 Å². The first kappa shape index (κ1) is 19.7. The third kappa shape index (κ3) is 5.96. The minimum atomic E-state index is -0.231. The Morgan fingerprint density at radius 2 is 1.67 bits per heavy atom. The maximum atomic E-state index is 13.1. The summed E-state index contributed by atoms with van der Waals surface area (Å²) in [6, 6.07) is 13.2. The van der Waals surface area contributed by atoms with E-state index in [1.807, 2.05) is 12.1 Å². The van der Waals surface area contributed by atoms with Crippen LogP contribution in [0.3, 0.4) is 0 Å². The lowest BCUT2D eigenvalue weighted by atomic mass is 9.96. The molecule has 0 heterocycles. The van der Waals surface area contributed by atoms with Crippen LogP contribution >= 0.6 is 0 Å². The van der Waals surface area contributed by atoms with Crippen LogP contribution in [0.2, 0.25) is 0 Å². The molecule has 1 fully saturated rings. The monoisotopic (exact) mass is 372 g/mol. The molecule has 1 aliphatic carbocycles. The smallest absolute Gasteiger partial charge is 0.170 e. The van der Waals surface area contributed by atoms with Crippen LogP contribution in [0.15, 0.2) is 42.5 Å². The van der Waals surface area contributed by atoms with E-state index in [4.69, 9.17) is 9.47 Å². The Kier molecular flexibility index (Phi) is 7.52. The second kappa shape index (κ2) is 10.3. The minimum Gasteiger partial charge on any atom is -0.493 e. The molecule has 1 saturated carbocycles. The fourth-order valence-electron chi connectivity index (χ4n) is 3.80. The van der Waals surface area contributed by atoms with Gasteiger partial charge in [-0.3, -0.25) is 0 Å². The first-order valence-corrected chi connectivity index (χ1v) is 10.1. The molecule has 0 aliphatic heterocycles.